The minimum absolute atomic E-state index is 0.0784. The first-order valence-corrected chi connectivity index (χ1v) is 6.45. The molecule has 1 atom stereocenters. The Balaban J connectivity index is 1.97. The molecule has 0 aromatic carbocycles. The summed E-state index contributed by atoms with van der Waals surface area (Å²) in [6.07, 6.45) is 4.17. The maximum Gasteiger partial charge on any atom is 0.0543 e. The lowest BCUT2D eigenvalue weighted by Crippen LogP contribution is -2.48. The SMILES string of the molecule is CC1CN(Cc2cnn(C(C)(C)C)c2)CCN1. The topological polar surface area (TPSA) is 33.1 Å². The second-order valence-corrected chi connectivity index (χ2v) is 6.05. The first-order chi connectivity index (χ1) is 7.95. The van der Waals surface area contributed by atoms with Gasteiger partial charge in [0.25, 0.3) is 0 Å². The number of piperazine rings is 1. The molecule has 96 valence electrons. The highest BCUT2D eigenvalue weighted by molar-refractivity contribution is 5.05. The van der Waals surface area contributed by atoms with Crippen LogP contribution in [0.5, 0.6) is 0 Å². The molecule has 1 aliphatic heterocycles. The Morgan fingerprint density at radius 2 is 2.24 bits per heavy atom. The lowest BCUT2D eigenvalue weighted by atomic mass is 10.1. The van der Waals surface area contributed by atoms with Gasteiger partial charge in [-0.2, -0.15) is 5.10 Å². The van der Waals surface area contributed by atoms with Crippen LogP contribution in [-0.4, -0.2) is 40.4 Å². The van der Waals surface area contributed by atoms with E-state index in [0.717, 1.165) is 26.2 Å². The van der Waals surface area contributed by atoms with Crippen molar-refractivity contribution >= 4 is 0 Å². The van der Waals surface area contributed by atoms with Gasteiger partial charge in [-0.25, -0.2) is 0 Å². The molecule has 1 aliphatic rings. The fourth-order valence-corrected chi connectivity index (χ4v) is 2.22. The summed E-state index contributed by atoms with van der Waals surface area (Å²) in [5, 5.41) is 7.91. The van der Waals surface area contributed by atoms with E-state index in [0.29, 0.717) is 6.04 Å². The third-order valence-electron chi connectivity index (χ3n) is 3.18. The van der Waals surface area contributed by atoms with E-state index < -0.39 is 0 Å². The summed E-state index contributed by atoms with van der Waals surface area (Å²) >= 11 is 0. The van der Waals surface area contributed by atoms with Crippen molar-refractivity contribution in [1.82, 2.24) is 20.0 Å². The zero-order chi connectivity index (χ0) is 12.5. The van der Waals surface area contributed by atoms with Crippen LogP contribution in [0.4, 0.5) is 0 Å². The van der Waals surface area contributed by atoms with Gasteiger partial charge in [0.1, 0.15) is 0 Å². The summed E-state index contributed by atoms with van der Waals surface area (Å²) in [4.78, 5) is 2.49. The van der Waals surface area contributed by atoms with E-state index in [4.69, 9.17) is 0 Å². The van der Waals surface area contributed by atoms with Gasteiger partial charge in [0.2, 0.25) is 0 Å². The zero-order valence-corrected chi connectivity index (χ0v) is 11.4. The lowest BCUT2D eigenvalue weighted by molar-refractivity contribution is 0.199. The van der Waals surface area contributed by atoms with Crippen molar-refractivity contribution in [3.63, 3.8) is 0 Å². The number of nitrogens with one attached hydrogen (secondary N) is 1. The van der Waals surface area contributed by atoms with Gasteiger partial charge in [0, 0.05) is 44.0 Å². The van der Waals surface area contributed by atoms with Crippen molar-refractivity contribution in [3.05, 3.63) is 18.0 Å². The van der Waals surface area contributed by atoms with Crippen molar-refractivity contribution in [2.75, 3.05) is 19.6 Å². The van der Waals surface area contributed by atoms with Gasteiger partial charge in [-0.1, -0.05) is 0 Å². The summed E-state index contributed by atoms with van der Waals surface area (Å²) < 4.78 is 2.05. The lowest BCUT2D eigenvalue weighted by Gasteiger charge is -2.31. The fourth-order valence-electron chi connectivity index (χ4n) is 2.22. The van der Waals surface area contributed by atoms with Gasteiger partial charge in [-0.15, -0.1) is 0 Å². The normalized spacial score (nSPS) is 22.9. The van der Waals surface area contributed by atoms with E-state index in [2.05, 4.69) is 49.2 Å². The first-order valence-electron chi connectivity index (χ1n) is 6.45. The average molecular weight is 236 g/mol. The van der Waals surface area contributed by atoms with Gasteiger partial charge >= 0.3 is 0 Å². The second-order valence-electron chi connectivity index (χ2n) is 6.05. The molecule has 4 nitrogen and oxygen atoms in total. The molecule has 1 saturated heterocycles. The van der Waals surface area contributed by atoms with Crippen molar-refractivity contribution < 1.29 is 0 Å². The van der Waals surface area contributed by atoms with Gasteiger partial charge < -0.3 is 5.32 Å². The highest BCUT2D eigenvalue weighted by Crippen LogP contribution is 2.14. The number of rotatable bonds is 2. The van der Waals surface area contributed by atoms with Gasteiger partial charge in [0.05, 0.1) is 11.7 Å². The summed E-state index contributed by atoms with van der Waals surface area (Å²) in [6, 6.07) is 0.599. The maximum absolute atomic E-state index is 4.45. The minimum atomic E-state index is 0.0784. The van der Waals surface area contributed by atoms with Crippen LogP contribution in [-0.2, 0) is 12.1 Å². The standard InChI is InChI=1S/C13H24N4/c1-11-8-16(6-5-14-11)9-12-7-15-17(10-12)13(2,3)4/h7,10-11,14H,5-6,8-9H2,1-4H3. The molecule has 0 saturated carbocycles. The van der Waals surface area contributed by atoms with E-state index >= 15 is 0 Å². The van der Waals surface area contributed by atoms with E-state index in [1.165, 1.54) is 5.56 Å². The van der Waals surface area contributed by atoms with Crippen molar-refractivity contribution in [2.45, 2.75) is 45.8 Å². The van der Waals surface area contributed by atoms with Gasteiger partial charge in [-0.05, 0) is 27.7 Å². The fraction of sp³-hybridized carbons (Fsp3) is 0.769. The van der Waals surface area contributed by atoms with Crippen LogP contribution >= 0.6 is 0 Å². The second kappa shape index (κ2) is 4.78. The smallest absolute Gasteiger partial charge is 0.0543 e. The largest absolute Gasteiger partial charge is 0.312 e. The summed E-state index contributed by atoms with van der Waals surface area (Å²) in [5.74, 6) is 0. The zero-order valence-electron chi connectivity index (χ0n) is 11.4. The molecule has 1 aromatic rings. The Labute approximate surface area is 104 Å². The van der Waals surface area contributed by atoms with Crippen LogP contribution in [0.3, 0.4) is 0 Å². The Hall–Kier alpha value is -0.870. The number of nitrogens with zero attached hydrogens (tertiary/aromatic N) is 3. The molecule has 0 radical (unpaired) electrons. The number of hydrogen-bond donors (Lipinski definition) is 1. The van der Waals surface area contributed by atoms with E-state index in [-0.39, 0.29) is 5.54 Å². The van der Waals surface area contributed by atoms with Crippen molar-refractivity contribution in [3.8, 4) is 0 Å². The first kappa shape index (κ1) is 12.6. The summed E-state index contributed by atoms with van der Waals surface area (Å²) in [6.45, 7) is 13.1. The van der Waals surface area contributed by atoms with Crippen LogP contribution < -0.4 is 5.32 Å². The van der Waals surface area contributed by atoms with Crippen LogP contribution in [0, 0.1) is 0 Å². The molecular weight excluding hydrogens is 212 g/mol. The Morgan fingerprint density at radius 1 is 1.47 bits per heavy atom. The molecule has 0 bridgehead atoms. The number of aromatic nitrogens is 2. The van der Waals surface area contributed by atoms with Crippen LogP contribution in [0.25, 0.3) is 0 Å². The Kier molecular flexibility index (Phi) is 3.54. The van der Waals surface area contributed by atoms with E-state index in [9.17, 15) is 0 Å². The van der Waals surface area contributed by atoms with Crippen molar-refractivity contribution in [1.29, 1.82) is 0 Å². The van der Waals surface area contributed by atoms with Crippen LogP contribution in [0.15, 0.2) is 12.4 Å². The summed E-state index contributed by atoms with van der Waals surface area (Å²) in [5.41, 5.74) is 1.39. The third-order valence-corrected chi connectivity index (χ3v) is 3.18. The quantitative estimate of drug-likeness (QED) is 0.843. The van der Waals surface area contributed by atoms with Gasteiger partial charge in [0.15, 0.2) is 0 Å². The minimum Gasteiger partial charge on any atom is -0.312 e. The van der Waals surface area contributed by atoms with Crippen LogP contribution in [0.2, 0.25) is 0 Å². The van der Waals surface area contributed by atoms with Crippen molar-refractivity contribution in [2.24, 2.45) is 0 Å². The monoisotopic (exact) mass is 236 g/mol. The Bertz CT molecular complexity index is 364. The van der Waals surface area contributed by atoms with Gasteiger partial charge in [-0.3, -0.25) is 9.58 Å². The molecule has 2 heterocycles. The molecule has 2 rings (SSSR count). The van der Waals surface area contributed by atoms with Crippen LogP contribution in [0.1, 0.15) is 33.3 Å². The molecule has 1 fully saturated rings. The van der Waals surface area contributed by atoms with E-state index in [1.54, 1.807) is 0 Å². The molecule has 17 heavy (non-hydrogen) atoms. The van der Waals surface area contributed by atoms with E-state index in [1.807, 2.05) is 10.9 Å². The highest BCUT2D eigenvalue weighted by atomic mass is 15.3. The maximum atomic E-state index is 4.45. The molecule has 1 unspecified atom stereocenters. The third kappa shape index (κ3) is 3.30. The molecular formula is C13H24N4. The predicted molar refractivity (Wildman–Crippen MR) is 70.0 cm³/mol. The average Bonchev–Trinajstić information content (AvgIpc) is 2.65. The summed E-state index contributed by atoms with van der Waals surface area (Å²) in [7, 11) is 0. The molecule has 0 amide bonds. The molecule has 1 N–H and O–H groups in total. The molecule has 0 aliphatic carbocycles. The molecule has 4 heteroatoms. The Morgan fingerprint density at radius 3 is 2.82 bits per heavy atom. The molecule has 0 spiro atoms. The molecule has 1 aromatic heterocycles. The predicted octanol–water partition coefficient (Wildman–Crippen LogP) is 1.43. The highest BCUT2D eigenvalue weighted by Gasteiger charge is 2.18. The number of hydrogen-bond acceptors (Lipinski definition) is 3.